The third kappa shape index (κ3) is 2.37. The Kier molecular flexibility index (Phi) is 2.98. The summed E-state index contributed by atoms with van der Waals surface area (Å²) in [6.45, 7) is 0.712. The van der Waals surface area contributed by atoms with Gasteiger partial charge >= 0.3 is 0 Å². The molecule has 4 heteroatoms. The Balaban J connectivity index is 1.64. The van der Waals surface area contributed by atoms with E-state index in [-0.39, 0.29) is 24.1 Å². The van der Waals surface area contributed by atoms with Gasteiger partial charge in [-0.1, -0.05) is 6.42 Å². The Hall–Kier alpha value is 0.110. The van der Waals surface area contributed by atoms with Crippen LogP contribution in [0, 0.1) is 5.92 Å². The van der Waals surface area contributed by atoms with E-state index in [0.29, 0.717) is 12.6 Å². The Morgan fingerprint density at radius 2 is 2.00 bits per heavy atom. The van der Waals surface area contributed by atoms with Crippen LogP contribution in [0.3, 0.4) is 0 Å². The van der Waals surface area contributed by atoms with Crippen LogP contribution in [-0.2, 0) is 0 Å². The van der Waals surface area contributed by atoms with Gasteiger partial charge in [0.05, 0.1) is 0 Å². The molecule has 0 amide bonds. The van der Waals surface area contributed by atoms with Gasteiger partial charge in [0.25, 0.3) is 0 Å². The molecule has 1 nitrogen and oxygen atoms in total. The second kappa shape index (κ2) is 3.93. The second-order valence-corrected chi connectivity index (χ2v) is 5.15. The van der Waals surface area contributed by atoms with Crippen molar-refractivity contribution in [1.82, 2.24) is 5.32 Å². The molecule has 0 aliphatic heterocycles. The number of alkyl halides is 3. The molecule has 0 spiro atoms. The maximum atomic E-state index is 12.5. The molecule has 14 heavy (non-hydrogen) atoms. The summed E-state index contributed by atoms with van der Waals surface area (Å²) in [6.07, 6.45) is 3.42. The first-order valence-corrected chi connectivity index (χ1v) is 5.76. The van der Waals surface area contributed by atoms with Crippen molar-refractivity contribution in [2.75, 3.05) is 6.54 Å². The predicted octanol–water partition coefficient (Wildman–Crippen LogP) is 2.78. The van der Waals surface area contributed by atoms with Gasteiger partial charge in [0.1, 0.15) is 0 Å². The summed E-state index contributed by atoms with van der Waals surface area (Å²) >= 11 is 6.07. The fourth-order valence-electron chi connectivity index (χ4n) is 2.39. The van der Waals surface area contributed by atoms with Gasteiger partial charge in [-0.3, -0.25) is 0 Å². The van der Waals surface area contributed by atoms with Crippen LogP contribution in [0.2, 0.25) is 0 Å². The zero-order valence-electron chi connectivity index (χ0n) is 8.11. The van der Waals surface area contributed by atoms with Crippen LogP contribution in [0.25, 0.3) is 0 Å². The standard InChI is InChI=1S/C10H16ClF2N/c11-8-2-1-3-9(8)14-6-7-4-10(12,13)5-7/h7-9,14H,1-6H2. The molecular formula is C10H16ClF2N. The van der Waals surface area contributed by atoms with Crippen molar-refractivity contribution in [3.8, 4) is 0 Å². The van der Waals surface area contributed by atoms with E-state index in [1.54, 1.807) is 0 Å². The lowest BCUT2D eigenvalue weighted by molar-refractivity contribution is -0.109. The molecule has 2 rings (SSSR count). The molecule has 0 bridgehead atoms. The van der Waals surface area contributed by atoms with Crippen molar-refractivity contribution >= 4 is 11.6 Å². The minimum Gasteiger partial charge on any atom is -0.312 e. The van der Waals surface area contributed by atoms with Gasteiger partial charge in [-0.2, -0.15) is 0 Å². The van der Waals surface area contributed by atoms with E-state index in [0.717, 1.165) is 19.3 Å². The Morgan fingerprint density at radius 1 is 1.29 bits per heavy atom. The van der Waals surface area contributed by atoms with Crippen LogP contribution in [-0.4, -0.2) is 23.9 Å². The van der Waals surface area contributed by atoms with E-state index in [4.69, 9.17) is 11.6 Å². The smallest absolute Gasteiger partial charge is 0.248 e. The minimum absolute atomic E-state index is 0.0552. The summed E-state index contributed by atoms with van der Waals surface area (Å²) in [6, 6.07) is 0.353. The average Bonchev–Trinajstić information content (AvgIpc) is 2.44. The van der Waals surface area contributed by atoms with Gasteiger partial charge in [0, 0.05) is 24.3 Å². The number of nitrogens with one attached hydrogen (secondary N) is 1. The van der Waals surface area contributed by atoms with Crippen LogP contribution in [0.5, 0.6) is 0 Å². The molecule has 0 radical (unpaired) electrons. The van der Waals surface area contributed by atoms with Crippen molar-refractivity contribution < 1.29 is 8.78 Å². The molecule has 2 atom stereocenters. The molecule has 2 aliphatic carbocycles. The van der Waals surface area contributed by atoms with Crippen molar-refractivity contribution in [2.45, 2.75) is 49.4 Å². The summed E-state index contributed by atoms with van der Waals surface area (Å²) < 4.78 is 25.0. The predicted molar refractivity (Wildman–Crippen MR) is 53.0 cm³/mol. The van der Waals surface area contributed by atoms with E-state index in [1.807, 2.05) is 0 Å². The summed E-state index contributed by atoms with van der Waals surface area (Å²) in [4.78, 5) is 0. The lowest BCUT2D eigenvalue weighted by atomic mass is 9.81. The highest BCUT2D eigenvalue weighted by atomic mass is 35.5. The van der Waals surface area contributed by atoms with Gasteiger partial charge in [-0.05, 0) is 25.3 Å². The van der Waals surface area contributed by atoms with E-state index >= 15 is 0 Å². The topological polar surface area (TPSA) is 12.0 Å². The fourth-order valence-corrected chi connectivity index (χ4v) is 2.76. The van der Waals surface area contributed by atoms with E-state index in [9.17, 15) is 8.78 Å². The summed E-state index contributed by atoms with van der Waals surface area (Å²) in [5, 5.41) is 3.51. The highest BCUT2D eigenvalue weighted by Gasteiger charge is 2.45. The van der Waals surface area contributed by atoms with E-state index in [2.05, 4.69) is 5.32 Å². The summed E-state index contributed by atoms with van der Waals surface area (Å²) in [7, 11) is 0. The van der Waals surface area contributed by atoms with Gasteiger partial charge in [0.15, 0.2) is 0 Å². The van der Waals surface area contributed by atoms with Crippen molar-refractivity contribution in [3.05, 3.63) is 0 Å². The molecule has 2 unspecified atom stereocenters. The van der Waals surface area contributed by atoms with Crippen LogP contribution < -0.4 is 5.32 Å². The number of halogens is 3. The number of rotatable bonds is 3. The summed E-state index contributed by atoms with van der Waals surface area (Å²) in [5.41, 5.74) is 0. The third-order valence-electron chi connectivity index (χ3n) is 3.27. The summed E-state index contributed by atoms with van der Waals surface area (Å²) in [5.74, 6) is -2.22. The second-order valence-electron chi connectivity index (χ2n) is 4.59. The van der Waals surface area contributed by atoms with Gasteiger partial charge in [-0.15, -0.1) is 11.6 Å². The number of hydrogen-bond acceptors (Lipinski definition) is 1. The normalized spacial score (nSPS) is 37.1. The Labute approximate surface area is 88.2 Å². The highest BCUT2D eigenvalue weighted by molar-refractivity contribution is 6.21. The zero-order valence-corrected chi connectivity index (χ0v) is 8.86. The average molecular weight is 224 g/mol. The maximum Gasteiger partial charge on any atom is 0.248 e. The largest absolute Gasteiger partial charge is 0.312 e. The SMILES string of the molecule is FC1(F)CC(CNC2CCCC2Cl)C1. The number of hydrogen-bond donors (Lipinski definition) is 1. The molecule has 2 aliphatic rings. The van der Waals surface area contributed by atoms with Crippen molar-refractivity contribution in [2.24, 2.45) is 5.92 Å². The first kappa shape index (κ1) is 10.6. The zero-order chi connectivity index (χ0) is 10.2. The molecule has 0 heterocycles. The van der Waals surface area contributed by atoms with Gasteiger partial charge in [0.2, 0.25) is 5.92 Å². The van der Waals surface area contributed by atoms with Crippen LogP contribution in [0.15, 0.2) is 0 Å². The molecule has 0 saturated heterocycles. The fraction of sp³-hybridized carbons (Fsp3) is 1.00. The molecule has 2 saturated carbocycles. The molecule has 1 N–H and O–H groups in total. The first-order valence-electron chi connectivity index (χ1n) is 5.32. The first-order chi connectivity index (χ1) is 6.57. The molecule has 0 aromatic carbocycles. The highest BCUT2D eigenvalue weighted by Crippen LogP contribution is 2.42. The van der Waals surface area contributed by atoms with E-state index in [1.165, 1.54) is 0 Å². The van der Waals surface area contributed by atoms with Crippen LogP contribution in [0.4, 0.5) is 8.78 Å². The molecule has 2 fully saturated rings. The Morgan fingerprint density at radius 3 is 2.50 bits per heavy atom. The quantitative estimate of drug-likeness (QED) is 0.726. The maximum absolute atomic E-state index is 12.5. The van der Waals surface area contributed by atoms with Gasteiger partial charge in [-0.25, -0.2) is 8.78 Å². The lowest BCUT2D eigenvalue weighted by Crippen LogP contribution is -2.44. The van der Waals surface area contributed by atoms with Crippen molar-refractivity contribution in [3.63, 3.8) is 0 Å². The van der Waals surface area contributed by atoms with Crippen LogP contribution >= 0.6 is 11.6 Å². The third-order valence-corrected chi connectivity index (χ3v) is 3.80. The van der Waals surface area contributed by atoms with Crippen molar-refractivity contribution in [1.29, 1.82) is 0 Å². The Bertz CT molecular complexity index is 202. The molecule has 0 aromatic rings. The molecule has 82 valence electrons. The lowest BCUT2D eigenvalue weighted by Gasteiger charge is -2.35. The molecular weight excluding hydrogens is 208 g/mol. The minimum atomic E-state index is -2.39. The monoisotopic (exact) mass is 223 g/mol. The molecule has 0 aromatic heterocycles. The van der Waals surface area contributed by atoms with Gasteiger partial charge < -0.3 is 5.32 Å². The van der Waals surface area contributed by atoms with E-state index < -0.39 is 5.92 Å². The van der Waals surface area contributed by atoms with Crippen LogP contribution in [0.1, 0.15) is 32.1 Å².